The van der Waals surface area contributed by atoms with Crippen molar-refractivity contribution in [2.24, 2.45) is 0 Å². The van der Waals surface area contributed by atoms with Crippen LogP contribution in [0.4, 0.5) is 0 Å². The first-order valence-corrected chi connectivity index (χ1v) is 5.46. The summed E-state index contributed by atoms with van der Waals surface area (Å²) >= 11 is 0. The summed E-state index contributed by atoms with van der Waals surface area (Å²) in [5, 5.41) is 0. The summed E-state index contributed by atoms with van der Waals surface area (Å²) in [5.74, 6) is 0. The molecule has 0 atom stereocenters. The second-order valence-electron chi connectivity index (χ2n) is 2.65. The van der Waals surface area contributed by atoms with E-state index in [2.05, 4.69) is 11.6 Å². The molecule has 0 aliphatic heterocycles. The summed E-state index contributed by atoms with van der Waals surface area (Å²) in [6.07, 6.45) is 0. The first-order chi connectivity index (χ1) is 6.06. The Morgan fingerprint density at radius 3 is 2.29 bits per heavy atom. The van der Waals surface area contributed by atoms with Gasteiger partial charge in [0.1, 0.15) is 0 Å². The summed E-state index contributed by atoms with van der Waals surface area (Å²) in [6, 6.07) is 6.43. The molecule has 0 aromatic heterocycles. The van der Waals surface area contributed by atoms with Crippen molar-refractivity contribution in [3.8, 4) is 0 Å². The standard InChI is InChI=1S/C9H12NO2S.Y.H2/c1-3-10-13(11,12)9-6-4-8(2)5-7-9;;/h4-7,10H,2-3H2,1H3;;1H/q-1;;. The van der Waals surface area contributed by atoms with Crippen LogP contribution in [0.2, 0.25) is 0 Å². The quantitative estimate of drug-likeness (QED) is 0.855. The van der Waals surface area contributed by atoms with Crippen LogP contribution in [-0.4, -0.2) is 15.0 Å². The molecular formula is C9H14NO2SY-. The van der Waals surface area contributed by atoms with E-state index in [-0.39, 0.29) is 39.0 Å². The Morgan fingerprint density at radius 1 is 1.36 bits per heavy atom. The minimum Gasteiger partial charge on any atom is -0.211 e. The van der Waals surface area contributed by atoms with Crippen LogP contribution in [0, 0.1) is 6.92 Å². The zero-order chi connectivity index (χ0) is 9.90. The molecule has 0 heterocycles. The topological polar surface area (TPSA) is 46.2 Å². The Morgan fingerprint density at radius 2 is 1.86 bits per heavy atom. The molecule has 0 unspecified atom stereocenters. The zero-order valence-corrected chi connectivity index (χ0v) is 11.7. The van der Waals surface area contributed by atoms with Crippen LogP contribution in [0.1, 0.15) is 13.9 Å². The van der Waals surface area contributed by atoms with Crippen molar-refractivity contribution < 1.29 is 42.6 Å². The Hall–Kier alpha value is 0.104. The Kier molecular flexibility index (Phi) is 5.90. The van der Waals surface area contributed by atoms with Crippen LogP contribution in [0.15, 0.2) is 29.2 Å². The van der Waals surface area contributed by atoms with Crippen LogP contribution in [0.25, 0.3) is 0 Å². The zero-order valence-electron chi connectivity index (χ0n) is 8.03. The Labute approximate surface area is 112 Å². The van der Waals surface area contributed by atoms with E-state index >= 15 is 0 Å². The maximum absolute atomic E-state index is 11.4. The van der Waals surface area contributed by atoms with Gasteiger partial charge in [-0.05, 0) is 0 Å². The van der Waals surface area contributed by atoms with Crippen molar-refractivity contribution in [2.45, 2.75) is 11.8 Å². The number of hydrogen-bond donors (Lipinski definition) is 1. The summed E-state index contributed by atoms with van der Waals surface area (Å²) in [6.45, 7) is 5.82. The van der Waals surface area contributed by atoms with Gasteiger partial charge in [-0.3, -0.25) is 0 Å². The third-order valence-corrected chi connectivity index (χ3v) is 3.13. The van der Waals surface area contributed by atoms with Crippen LogP contribution in [0.3, 0.4) is 0 Å². The van der Waals surface area contributed by atoms with Gasteiger partial charge in [-0.2, -0.15) is 24.6 Å². The van der Waals surface area contributed by atoms with Gasteiger partial charge in [-0.15, -0.1) is 0 Å². The second kappa shape index (κ2) is 5.86. The second-order valence-corrected chi connectivity index (χ2v) is 4.41. The van der Waals surface area contributed by atoms with Crippen molar-refractivity contribution in [1.29, 1.82) is 0 Å². The molecule has 1 rings (SSSR count). The molecular weight excluding hydrogens is 275 g/mol. The van der Waals surface area contributed by atoms with Crippen molar-refractivity contribution in [2.75, 3.05) is 6.54 Å². The number of sulfonamides is 1. The molecule has 1 aromatic carbocycles. The predicted octanol–water partition coefficient (Wildman–Crippen LogP) is 1.41. The van der Waals surface area contributed by atoms with Gasteiger partial charge in [0.05, 0.1) is 4.90 Å². The summed E-state index contributed by atoms with van der Waals surface area (Å²) in [5.41, 5.74) is 0.801. The van der Waals surface area contributed by atoms with E-state index in [1.807, 2.05) is 0 Å². The average Bonchev–Trinajstić information content (AvgIpc) is 2.05. The van der Waals surface area contributed by atoms with E-state index in [0.29, 0.717) is 6.54 Å². The fourth-order valence-corrected chi connectivity index (χ4v) is 1.98. The average molecular weight is 289 g/mol. The van der Waals surface area contributed by atoms with Gasteiger partial charge in [-0.1, -0.05) is 19.1 Å². The summed E-state index contributed by atoms with van der Waals surface area (Å²) in [4.78, 5) is 0.279. The minimum atomic E-state index is -3.30. The molecule has 0 amide bonds. The molecule has 0 aliphatic rings. The van der Waals surface area contributed by atoms with Gasteiger partial charge < -0.3 is 0 Å². The first-order valence-electron chi connectivity index (χ1n) is 3.98. The minimum absolute atomic E-state index is 0. The van der Waals surface area contributed by atoms with Crippen molar-refractivity contribution in [1.82, 2.24) is 4.72 Å². The van der Waals surface area contributed by atoms with E-state index in [1.54, 1.807) is 31.2 Å². The molecule has 0 bridgehead atoms. The SMILES string of the molecule is [CH2-]c1ccc(S(=O)(=O)NCC)cc1.[HH].[Y]. The monoisotopic (exact) mass is 289 g/mol. The molecule has 14 heavy (non-hydrogen) atoms. The van der Waals surface area contributed by atoms with Crippen molar-refractivity contribution in [3.63, 3.8) is 0 Å². The largest absolute Gasteiger partial charge is 0.238 e. The van der Waals surface area contributed by atoms with E-state index in [1.165, 1.54) is 0 Å². The molecule has 0 saturated heterocycles. The molecule has 3 nitrogen and oxygen atoms in total. The van der Waals surface area contributed by atoms with Crippen LogP contribution in [0.5, 0.6) is 0 Å². The van der Waals surface area contributed by atoms with Crippen LogP contribution >= 0.6 is 0 Å². The first kappa shape index (κ1) is 14.1. The van der Waals surface area contributed by atoms with Gasteiger partial charge in [0.25, 0.3) is 0 Å². The third-order valence-electron chi connectivity index (χ3n) is 1.57. The predicted molar refractivity (Wildman–Crippen MR) is 53.9 cm³/mol. The van der Waals surface area contributed by atoms with E-state index < -0.39 is 10.0 Å². The van der Waals surface area contributed by atoms with Gasteiger partial charge in [0.15, 0.2) is 0 Å². The fourth-order valence-electron chi connectivity index (χ4n) is 0.942. The smallest absolute Gasteiger partial charge is 0.211 e. The van der Waals surface area contributed by atoms with E-state index in [9.17, 15) is 8.42 Å². The molecule has 0 fully saturated rings. The number of nitrogens with one attached hydrogen (secondary N) is 1. The van der Waals surface area contributed by atoms with Crippen molar-refractivity contribution >= 4 is 10.0 Å². The maximum atomic E-state index is 11.4. The van der Waals surface area contributed by atoms with Gasteiger partial charge >= 0.3 is 0 Å². The van der Waals surface area contributed by atoms with E-state index in [4.69, 9.17) is 0 Å². The molecule has 0 aliphatic carbocycles. The molecule has 1 N–H and O–H groups in total. The van der Waals surface area contributed by atoms with E-state index in [0.717, 1.165) is 5.56 Å². The number of rotatable bonds is 3. The molecule has 1 radical (unpaired) electrons. The Bertz CT molecular complexity index is 378. The van der Waals surface area contributed by atoms with Gasteiger partial charge in [-0.25, -0.2) is 13.1 Å². The summed E-state index contributed by atoms with van der Waals surface area (Å²) in [7, 11) is -3.30. The van der Waals surface area contributed by atoms with Crippen LogP contribution in [-0.2, 0) is 42.7 Å². The Balaban J connectivity index is 0. The third kappa shape index (κ3) is 3.69. The maximum Gasteiger partial charge on any atom is 0.238 e. The van der Waals surface area contributed by atoms with Gasteiger partial charge in [0, 0.05) is 40.7 Å². The number of benzene rings is 1. The molecule has 0 saturated carbocycles. The molecule has 1 aromatic rings. The summed E-state index contributed by atoms with van der Waals surface area (Å²) < 4.78 is 25.2. The van der Waals surface area contributed by atoms with Crippen LogP contribution < -0.4 is 4.72 Å². The molecule has 5 heteroatoms. The van der Waals surface area contributed by atoms with Crippen molar-refractivity contribution in [3.05, 3.63) is 36.8 Å². The normalized spacial score (nSPS) is 10.6. The van der Waals surface area contributed by atoms with Gasteiger partial charge in [0.2, 0.25) is 10.0 Å². The fraction of sp³-hybridized carbons (Fsp3) is 0.222. The molecule has 77 valence electrons. The molecule has 0 spiro atoms. The number of hydrogen-bond acceptors (Lipinski definition) is 2.